The molecule has 2 N–H and O–H groups in total. The number of aromatic nitrogens is 2. The number of nitro benzene ring substituents is 1. The molecule has 0 aliphatic carbocycles. The third-order valence-electron chi connectivity index (χ3n) is 2.94. The number of nitrogens with one attached hydrogen (secondary N) is 2. The molecule has 0 aliphatic heterocycles. The number of carbonyl (C=O) groups excluding carboxylic acids is 1. The van der Waals surface area contributed by atoms with Crippen molar-refractivity contribution >= 4 is 57.8 Å². The number of carbonyl (C=O) groups is 1. The second kappa shape index (κ2) is 7.56. The second-order valence-electron chi connectivity index (χ2n) is 4.48. The summed E-state index contributed by atoms with van der Waals surface area (Å²) in [5, 5.41) is 20.3. The van der Waals surface area contributed by atoms with Crippen LogP contribution in [0.1, 0.15) is 17.4 Å². The summed E-state index contributed by atoms with van der Waals surface area (Å²) in [6.07, 6.45) is 1.35. The fourth-order valence-corrected chi connectivity index (χ4v) is 2.50. The molecule has 0 fully saturated rings. The molecule has 0 unspecified atom stereocenters. The summed E-state index contributed by atoms with van der Waals surface area (Å²) in [7, 11) is 0. The molecule has 11 heteroatoms. The summed E-state index contributed by atoms with van der Waals surface area (Å²) >= 11 is 16.7. The SMILES string of the molecule is CCn1ncc(Cl)c1C(=O)NC(=S)Nc1ccc(Cl)cc1[N+](=O)[O-]. The van der Waals surface area contributed by atoms with Gasteiger partial charge in [-0.3, -0.25) is 24.9 Å². The Morgan fingerprint density at radius 1 is 1.46 bits per heavy atom. The van der Waals surface area contributed by atoms with Crippen molar-refractivity contribution in [3.63, 3.8) is 0 Å². The van der Waals surface area contributed by atoms with E-state index < -0.39 is 10.8 Å². The number of hydrogen-bond acceptors (Lipinski definition) is 5. The van der Waals surface area contributed by atoms with Gasteiger partial charge in [-0.2, -0.15) is 5.10 Å². The Labute approximate surface area is 151 Å². The topological polar surface area (TPSA) is 102 Å². The van der Waals surface area contributed by atoms with E-state index in [1.54, 1.807) is 6.92 Å². The summed E-state index contributed by atoms with van der Waals surface area (Å²) in [6, 6.07) is 4.03. The fraction of sp³-hybridized carbons (Fsp3) is 0.154. The minimum atomic E-state index is -0.609. The Hall–Kier alpha value is -2.23. The number of nitrogens with zero attached hydrogens (tertiary/aromatic N) is 3. The highest BCUT2D eigenvalue weighted by Crippen LogP contribution is 2.27. The van der Waals surface area contributed by atoms with E-state index in [9.17, 15) is 14.9 Å². The molecule has 24 heavy (non-hydrogen) atoms. The maximum absolute atomic E-state index is 12.2. The van der Waals surface area contributed by atoms with Gasteiger partial charge in [0.25, 0.3) is 11.6 Å². The Morgan fingerprint density at radius 3 is 2.79 bits per heavy atom. The van der Waals surface area contributed by atoms with Gasteiger partial charge in [0.15, 0.2) is 5.11 Å². The first-order valence-corrected chi connectivity index (χ1v) is 7.77. The molecular weight excluding hydrogens is 377 g/mol. The van der Waals surface area contributed by atoms with Gasteiger partial charge in [0.2, 0.25) is 0 Å². The summed E-state index contributed by atoms with van der Waals surface area (Å²) in [4.78, 5) is 22.7. The summed E-state index contributed by atoms with van der Waals surface area (Å²) in [6.45, 7) is 2.24. The molecule has 1 heterocycles. The first-order valence-electron chi connectivity index (χ1n) is 6.61. The van der Waals surface area contributed by atoms with E-state index in [2.05, 4.69) is 15.7 Å². The molecule has 2 aromatic rings. The zero-order valence-corrected chi connectivity index (χ0v) is 14.6. The maximum atomic E-state index is 12.2. The summed E-state index contributed by atoms with van der Waals surface area (Å²) in [5.74, 6) is -0.575. The first kappa shape index (κ1) is 18.1. The number of benzene rings is 1. The average molecular weight is 388 g/mol. The largest absolute Gasteiger partial charge is 0.327 e. The van der Waals surface area contributed by atoms with E-state index >= 15 is 0 Å². The van der Waals surface area contributed by atoms with Crippen LogP contribution in [-0.2, 0) is 6.54 Å². The molecule has 0 bridgehead atoms. The monoisotopic (exact) mass is 387 g/mol. The van der Waals surface area contributed by atoms with Gasteiger partial charge in [0, 0.05) is 17.6 Å². The van der Waals surface area contributed by atoms with Crippen molar-refractivity contribution in [2.75, 3.05) is 5.32 Å². The molecule has 2 rings (SSSR count). The lowest BCUT2D eigenvalue weighted by atomic mass is 10.2. The fourth-order valence-electron chi connectivity index (χ4n) is 1.91. The molecule has 0 radical (unpaired) electrons. The van der Waals surface area contributed by atoms with Crippen molar-refractivity contribution in [3.05, 3.63) is 50.2 Å². The van der Waals surface area contributed by atoms with E-state index in [0.29, 0.717) is 6.54 Å². The van der Waals surface area contributed by atoms with Crippen LogP contribution in [0.2, 0.25) is 10.0 Å². The maximum Gasteiger partial charge on any atom is 0.294 e. The van der Waals surface area contributed by atoms with Crippen LogP contribution in [-0.4, -0.2) is 25.7 Å². The highest BCUT2D eigenvalue weighted by Gasteiger charge is 2.20. The molecule has 0 saturated heterocycles. The second-order valence-corrected chi connectivity index (χ2v) is 5.74. The van der Waals surface area contributed by atoms with Crippen molar-refractivity contribution in [2.24, 2.45) is 0 Å². The number of amides is 1. The van der Waals surface area contributed by atoms with Gasteiger partial charge in [-0.05, 0) is 31.3 Å². The molecule has 0 spiro atoms. The number of hydrogen-bond donors (Lipinski definition) is 2. The van der Waals surface area contributed by atoms with Crippen molar-refractivity contribution in [1.82, 2.24) is 15.1 Å². The Bertz CT molecular complexity index is 824. The standard InChI is InChI=1S/C13H11Cl2N5O3S/c1-2-19-11(8(15)6-16-19)12(21)18-13(24)17-9-4-3-7(14)5-10(9)20(22)23/h3-6H,2H2,1H3,(H2,17,18,21,24). The lowest BCUT2D eigenvalue weighted by Gasteiger charge is -2.11. The van der Waals surface area contributed by atoms with Gasteiger partial charge in [-0.1, -0.05) is 23.2 Å². The minimum Gasteiger partial charge on any atom is -0.327 e. The Morgan fingerprint density at radius 2 is 2.17 bits per heavy atom. The molecule has 0 atom stereocenters. The highest BCUT2D eigenvalue weighted by atomic mass is 35.5. The quantitative estimate of drug-likeness (QED) is 0.474. The van der Waals surface area contributed by atoms with Gasteiger partial charge >= 0.3 is 0 Å². The van der Waals surface area contributed by atoms with Crippen molar-refractivity contribution in [3.8, 4) is 0 Å². The van der Waals surface area contributed by atoms with E-state index in [4.69, 9.17) is 35.4 Å². The van der Waals surface area contributed by atoms with Crippen molar-refractivity contribution < 1.29 is 9.72 Å². The number of thiocarbonyl (C=S) groups is 1. The van der Waals surface area contributed by atoms with Gasteiger partial charge in [-0.25, -0.2) is 0 Å². The van der Waals surface area contributed by atoms with Crippen LogP contribution in [0, 0.1) is 10.1 Å². The number of anilines is 1. The average Bonchev–Trinajstić information content (AvgIpc) is 2.89. The number of aryl methyl sites for hydroxylation is 1. The molecule has 1 amide bonds. The van der Waals surface area contributed by atoms with E-state index in [-0.39, 0.29) is 32.2 Å². The zero-order chi connectivity index (χ0) is 17.9. The van der Waals surface area contributed by atoms with Crippen LogP contribution in [0.25, 0.3) is 0 Å². The summed E-state index contributed by atoms with van der Waals surface area (Å²) in [5.41, 5.74) is -0.0190. The Kier molecular flexibility index (Phi) is 5.71. The van der Waals surface area contributed by atoms with E-state index in [1.807, 2.05) is 0 Å². The molecule has 1 aromatic heterocycles. The molecule has 0 aliphatic rings. The third kappa shape index (κ3) is 3.99. The van der Waals surface area contributed by atoms with Crippen LogP contribution >= 0.6 is 35.4 Å². The van der Waals surface area contributed by atoms with Crippen LogP contribution in [0.3, 0.4) is 0 Å². The molecule has 126 valence electrons. The van der Waals surface area contributed by atoms with Gasteiger partial charge in [-0.15, -0.1) is 0 Å². The van der Waals surface area contributed by atoms with Crippen molar-refractivity contribution in [1.29, 1.82) is 0 Å². The number of halogens is 2. The van der Waals surface area contributed by atoms with Crippen LogP contribution < -0.4 is 10.6 Å². The molecular formula is C13H11Cl2N5O3S. The van der Waals surface area contributed by atoms with Crippen molar-refractivity contribution in [2.45, 2.75) is 13.5 Å². The van der Waals surface area contributed by atoms with E-state index in [1.165, 1.54) is 29.1 Å². The minimum absolute atomic E-state index is 0.102. The number of rotatable bonds is 4. The lowest BCUT2D eigenvalue weighted by Crippen LogP contribution is -2.35. The third-order valence-corrected chi connectivity index (χ3v) is 3.66. The smallest absolute Gasteiger partial charge is 0.294 e. The molecule has 0 saturated carbocycles. The van der Waals surface area contributed by atoms with Gasteiger partial charge < -0.3 is 5.32 Å². The van der Waals surface area contributed by atoms with Gasteiger partial charge in [0.1, 0.15) is 11.4 Å². The normalized spacial score (nSPS) is 10.3. The van der Waals surface area contributed by atoms with Crippen LogP contribution in [0.4, 0.5) is 11.4 Å². The first-order chi connectivity index (χ1) is 11.3. The molecule has 1 aromatic carbocycles. The van der Waals surface area contributed by atoms with E-state index in [0.717, 1.165) is 0 Å². The van der Waals surface area contributed by atoms with Crippen LogP contribution in [0.5, 0.6) is 0 Å². The number of nitro groups is 1. The lowest BCUT2D eigenvalue weighted by molar-refractivity contribution is -0.383. The summed E-state index contributed by atoms with van der Waals surface area (Å²) < 4.78 is 1.41. The molecule has 8 nitrogen and oxygen atoms in total. The zero-order valence-electron chi connectivity index (χ0n) is 12.2. The Balaban J connectivity index is 2.15. The predicted molar refractivity (Wildman–Crippen MR) is 94.7 cm³/mol. The predicted octanol–water partition coefficient (Wildman–Crippen LogP) is 3.24. The van der Waals surface area contributed by atoms with Crippen LogP contribution in [0.15, 0.2) is 24.4 Å². The highest BCUT2D eigenvalue weighted by molar-refractivity contribution is 7.80. The van der Waals surface area contributed by atoms with Gasteiger partial charge in [0.05, 0.1) is 16.1 Å².